The number of rotatable bonds is 6. The number of benzene rings is 1. The molecule has 1 saturated carbocycles. The van der Waals surface area contributed by atoms with Crippen LogP contribution in [0.5, 0.6) is 0 Å². The van der Waals surface area contributed by atoms with Crippen molar-refractivity contribution in [1.82, 2.24) is 25.1 Å². The molecule has 1 fully saturated rings. The number of hydrogen-bond acceptors (Lipinski definition) is 6. The monoisotopic (exact) mass is 423 g/mol. The van der Waals surface area contributed by atoms with E-state index in [0.717, 1.165) is 42.3 Å². The Labute approximate surface area is 181 Å². The van der Waals surface area contributed by atoms with Crippen molar-refractivity contribution in [3.63, 3.8) is 0 Å². The summed E-state index contributed by atoms with van der Waals surface area (Å²) in [6, 6.07) is 8.01. The number of para-hydroxylation sites is 1. The van der Waals surface area contributed by atoms with Crippen LogP contribution in [0, 0.1) is 6.92 Å². The number of aliphatic hydroxyl groups is 1. The third-order valence-electron chi connectivity index (χ3n) is 5.74. The lowest BCUT2D eigenvalue weighted by atomic mass is 9.92. The van der Waals surface area contributed by atoms with Crippen LogP contribution in [0.2, 0.25) is 0 Å². The standard InChI is InChI=1S/C23H29N5O3/c1-15-19-6-4-5-7-20(19)28(27-15)22-24-12-16(13-25-22)21(30)26-17-8-10-18(11-9-17)31-23(2,3)14-29/h4-7,12-13,17-18,29H,8-11,14H2,1-3H3,(H,26,30). The molecule has 1 aliphatic rings. The molecule has 0 bridgehead atoms. The van der Waals surface area contributed by atoms with E-state index in [1.165, 1.54) is 0 Å². The molecule has 2 heterocycles. The number of carbonyl (C=O) groups excluding carboxylic acids is 1. The van der Waals surface area contributed by atoms with Crippen molar-refractivity contribution in [2.24, 2.45) is 0 Å². The minimum absolute atomic E-state index is 0.00640. The maximum absolute atomic E-state index is 12.7. The maximum atomic E-state index is 12.7. The average Bonchev–Trinajstić information content (AvgIpc) is 3.12. The van der Waals surface area contributed by atoms with Crippen molar-refractivity contribution < 1.29 is 14.6 Å². The summed E-state index contributed by atoms with van der Waals surface area (Å²) < 4.78 is 7.66. The highest BCUT2D eigenvalue weighted by Crippen LogP contribution is 2.25. The molecule has 3 aromatic rings. The number of aryl methyl sites for hydroxylation is 1. The molecule has 31 heavy (non-hydrogen) atoms. The third-order valence-corrected chi connectivity index (χ3v) is 5.74. The summed E-state index contributed by atoms with van der Waals surface area (Å²) in [7, 11) is 0. The van der Waals surface area contributed by atoms with Crippen molar-refractivity contribution in [3.8, 4) is 5.95 Å². The molecule has 164 valence electrons. The van der Waals surface area contributed by atoms with E-state index in [1.54, 1.807) is 17.1 Å². The second-order valence-corrected chi connectivity index (χ2v) is 8.77. The topological polar surface area (TPSA) is 102 Å². The van der Waals surface area contributed by atoms with Crippen LogP contribution in [-0.4, -0.2) is 55.1 Å². The Morgan fingerprint density at radius 3 is 2.55 bits per heavy atom. The second kappa shape index (κ2) is 8.72. The smallest absolute Gasteiger partial charge is 0.254 e. The van der Waals surface area contributed by atoms with Gasteiger partial charge in [0.05, 0.1) is 35.1 Å². The predicted octanol–water partition coefficient (Wildman–Crippen LogP) is 2.95. The van der Waals surface area contributed by atoms with Gasteiger partial charge in [0.15, 0.2) is 0 Å². The van der Waals surface area contributed by atoms with Crippen molar-refractivity contribution in [1.29, 1.82) is 0 Å². The largest absolute Gasteiger partial charge is 0.393 e. The van der Waals surface area contributed by atoms with Crippen LogP contribution < -0.4 is 5.32 Å². The molecule has 8 heteroatoms. The Morgan fingerprint density at radius 2 is 1.87 bits per heavy atom. The van der Waals surface area contributed by atoms with E-state index in [-0.39, 0.29) is 24.7 Å². The van der Waals surface area contributed by atoms with Gasteiger partial charge in [-0.3, -0.25) is 4.79 Å². The molecular weight excluding hydrogens is 394 g/mol. The molecule has 4 rings (SSSR count). The number of nitrogens with zero attached hydrogens (tertiary/aromatic N) is 4. The van der Waals surface area contributed by atoms with E-state index in [2.05, 4.69) is 20.4 Å². The predicted molar refractivity (Wildman–Crippen MR) is 117 cm³/mol. The molecule has 1 aliphatic carbocycles. The molecule has 0 spiro atoms. The Morgan fingerprint density at radius 1 is 1.19 bits per heavy atom. The first-order valence-corrected chi connectivity index (χ1v) is 10.7. The number of ether oxygens (including phenoxy) is 1. The summed E-state index contributed by atoms with van der Waals surface area (Å²) in [4.78, 5) is 21.4. The highest BCUT2D eigenvalue weighted by atomic mass is 16.5. The van der Waals surface area contributed by atoms with E-state index >= 15 is 0 Å². The lowest BCUT2D eigenvalue weighted by Crippen LogP contribution is -2.42. The van der Waals surface area contributed by atoms with Crippen LogP contribution in [0.25, 0.3) is 16.9 Å². The van der Waals surface area contributed by atoms with E-state index in [1.807, 2.05) is 45.0 Å². The van der Waals surface area contributed by atoms with E-state index in [4.69, 9.17) is 4.74 Å². The Bertz CT molecular complexity index is 1050. The Kier molecular flexibility index (Phi) is 6.02. The number of carbonyl (C=O) groups is 1. The summed E-state index contributed by atoms with van der Waals surface area (Å²) in [6.45, 7) is 5.72. The van der Waals surface area contributed by atoms with E-state index < -0.39 is 5.60 Å². The van der Waals surface area contributed by atoms with Crippen molar-refractivity contribution >= 4 is 16.8 Å². The normalized spacial score (nSPS) is 19.5. The zero-order chi connectivity index (χ0) is 22.0. The molecule has 1 aromatic carbocycles. The van der Waals surface area contributed by atoms with Gasteiger partial charge in [-0.25, -0.2) is 9.97 Å². The maximum Gasteiger partial charge on any atom is 0.254 e. The number of aliphatic hydroxyl groups excluding tert-OH is 1. The number of fused-ring (bicyclic) bond motifs is 1. The summed E-state index contributed by atoms with van der Waals surface area (Å²) in [5.41, 5.74) is 1.73. The fraction of sp³-hybridized carbons (Fsp3) is 0.478. The quantitative estimate of drug-likeness (QED) is 0.632. The first kappa shape index (κ1) is 21.4. The molecule has 1 amide bonds. The minimum atomic E-state index is -0.529. The molecule has 0 saturated heterocycles. The van der Waals surface area contributed by atoms with Gasteiger partial charge in [0, 0.05) is 23.8 Å². The highest BCUT2D eigenvalue weighted by molar-refractivity contribution is 5.93. The summed E-state index contributed by atoms with van der Waals surface area (Å²) in [5.74, 6) is 0.262. The highest BCUT2D eigenvalue weighted by Gasteiger charge is 2.28. The van der Waals surface area contributed by atoms with Gasteiger partial charge in [-0.2, -0.15) is 9.78 Å². The van der Waals surface area contributed by atoms with Crippen LogP contribution >= 0.6 is 0 Å². The fourth-order valence-electron chi connectivity index (χ4n) is 4.00. The first-order chi connectivity index (χ1) is 14.9. The van der Waals surface area contributed by atoms with Crippen LogP contribution in [0.1, 0.15) is 55.6 Å². The summed E-state index contributed by atoms with van der Waals surface area (Å²) >= 11 is 0. The summed E-state index contributed by atoms with van der Waals surface area (Å²) in [6.07, 6.45) is 6.60. The molecule has 0 aliphatic heterocycles. The van der Waals surface area contributed by atoms with Crippen LogP contribution in [0.15, 0.2) is 36.7 Å². The van der Waals surface area contributed by atoms with Gasteiger partial charge >= 0.3 is 0 Å². The Balaban J connectivity index is 1.37. The minimum Gasteiger partial charge on any atom is -0.393 e. The van der Waals surface area contributed by atoms with Crippen LogP contribution in [0.4, 0.5) is 0 Å². The van der Waals surface area contributed by atoms with Gasteiger partial charge in [0.25, 0.3) is 11.9 Å². The van der Waals surface area contributed by atoms with Crippen LogP contribution in [-0.2, 0) is 4.74 Å². The Hall–Kier alpha value is -2.84. The van der Waals surface area contributed by atoms with Crippen molar-refractivity contribution in [2.75, 3.05) is 6.61 Å². The molecule has 0 unspecified atom stereocenters. The second-order valence-electron chi connectivity index (χ2n) is 8.77. The molecule has 0 atom stereocenters. The van der Waals surface area contributed by atoms with Gasteiger partial charge in [-0.1, -0.05) is 18.2 Å². The lowest BCUT2D eigenvalue weighted by molar-refractivity contribution is -0.109. The lowest BCUT2D eigenvalue weighted by Gasteiger charge is -2.34. The first-order valence-electron chi connectivity index (χ1n) is 10.7. The zero-order valence-electron chi connectivity index (χ0n) is 18.2. The number of hydrogen-bond donors (Lipinski definition) is 2. The number of nitrogens with one attached hydrogen (secondary N) is 1. The average molecular weight is 424 g/mol. The zero-order valence-corrected chi connectivity index (χ0v) is 18.2. The van der Waals surface area contributed by atoms with Gasteiger partial charge in [0.1, 0.15) is 0 Å². The molecule has 2 aromatic heterocycles. The SMILES string of the molecule is Cc1nn(-c2ncc(C(=O)NC3CCC(OC(C)(C)CO)CC3)cn2)c2ccccc12. The van der Waals surface area contributed by atoms with E-state index in [9.17, 15) is 9.90 Å². The molecule has 0 radical (unpaired) electrons. The molecule has 2 N–H and O–H groups in total. The number of amides is 1. The molecular formula is C23H29N5O3. The van der Waals surface area contributed by atoms with Gasteiger partial charge in [-0.05, 0) is 52.5 Å². The third kappa shape index (κ3) is 4.75. The van der Waals surface area contributed by atoms with Gasteiger partial charge in [0.2, 0.25) is 0 Å². The summed E-state index contributed by atoms with van der Waals surface area (Å²) in [5, 5.41) is 18.0. The van der Waals surface area contributed by atoms with Gasteiger partial charge < -0.3 is 15.2 Å². The van der Waals surface area contributed by atoms with Gasteiger partial charge in [-0.15, -0.1) is 0 Å². The molecule has 8 nitrogen and oxygen atoms in total. The van der Waals surface area contributed by atoms with E-state index in [0.29, 0.717) is 11.5 Å². The fourth-order valence-corrected chi connectivity index (χ4v) is 4.00. The van der Waals surface area contributed by atoms with Crippen molar-refractivity contribution in [2.45, 2.75) is 64.2 Å². The van der Waals surface area contributed by atoms with Crippen LogP contribution in [0.3, 0.4) is 0 Å². The van der Waals surface area contributed by atoms with Crippen molar-refractivity contribution in [3.05, 3.63) is 47.9 Å². The number of aromatic nitrogens is 4.